The van der Waals surface area contributed by atoms with E-state index in [1.807, 2.05) is 13.8 Å². The molecular weight excluding hydrogens is 586 g/mol. The first-order valence-electron chi connectivity index (χ1n) is 14.4. The molecule has 3 aliphatic rings. The molecule has 1 spiro atoms. The van der Waals surface area contributed by atoms with Crippen molar-refractivity contribution in [3.63, 3.8) is 0 Å². The maximum Gasteiger partial charge on any atom is 0.272 e. The van der Waals surface area contributed by atoms with Gasteiger partial charge in [-0.05, 0) is 55.0 Å². The van der Waals surface area contributed by atoms with E-state index < -0.39 is 44.5 Å². The van der Waals surface area contributed by atoms with Crippen LogP contribution in [0.4, 0.5) is 5.69 Å². The molecule has 1 aromatic heterocycles. The third-order valence-corrected chi connectivity index (χ3v) is 10.2. The van der Waals surface area contributed by atoms with Gasteiger partial charge in [0, 0.05) is 23.1 Å². The zero-order valence-corrected chi connectivity index (χ0v) is 25.3. The van der Waals surface area contributed by atoms with Crippen LogP contribution in [0.1, 0.15) is 49.2 Å². The monoisotopic (exact) mass is 619 g/mol. The molecule has 230 valence electrons. The summed E-state index contributed by atoms with van der Waals surface area (Å²) in [6.07, 6.45) is 2.33. The smallest absolute Gasteiger partial charge is 0.272 e. The summed E-state index contributed by atoms with van der Waals surface area (Å²) >= 11 is 0. The number of carbonyl (C=O) groups is 4. The first-order valence-corrected chi connectivity index (χ1v) is 15.9. The molecule has 1 saturated carbocycles. The number of carbonyl (C=O) groups excluding carboxylic acids is 4. The zero-order valence-electron chi connectivity index (χ0n) is 24.5. The van der Waals surface area contributed by atoms with E-state index in [9.17, 15) is 27.6 Å². The minimum atomic E-state index is -3.93. The van der Waals surface area contributed by atoms with E-state index in [2.05, 4.69) is 20.3 Å². The molecule has 4 N–H and O–H groups in total. The van der Waals surface area contributed by atoms with Crippen LogP contribution < -0.4 is 20.1 Å². The second-order valence-electron chi connectivity index (χ2n) is 11.8. The second kappa shape index (κ2) is 10.8. The van der Waals surface area contributed by atoms with Gasteiger partial charge in [-0.25, -0.2) is 8.42 Å². The van der Waals surface area contributed by atoms with Crippen molar-refractivity contribution in [3.8, 4) is 5.75 Å². The summed E-state index contributed by atoms with van der Waals surface area (Å²) in [5.74, 6) is -2.21. The highest BCUT2D eigenvalue weighted by molar-refractivity contribution is 7.90. The molecule has 2 aromatic carbocycles. The maximum absolute atomic E-state index is 14.3. The van der Waals surface area contributed by atoms with Gasteiger partial charge >= 0.3 is 0 Å². The fraction of sp³-hybridized carbons (Fsp3) is 0.355. The summed E-state index contributed by atoms with van der Waals surface area (Å²) in [6.45, 7) is 3.46. The van der Waals surface area contributed by atoms with Crippen molar-refractivity contribution < 1.29 is 32.3 Å². The van der Waals surface area contributed by atoms with E-state index in [0.29, 0.717) is 40.7 Å². The van der Waals surface area contributed by atoms with Gasteiger partial charge in [0.05, 0.1) is 17.8 Å². The molecule has 2 fully saturated rings. The van der Waals surface area contributed by atoms with Crippen LogP contribution in [-0.4, -0.2) is 66.9 Å². The minimum absolute atomic E-state index is 0.0952. The number of hydrogen-bond donors (Lipinski definition) is 4. The predicted octanol–water partition coefficient (Wildman–Crippen LogP) is 2.55. The van der Waals surface area contributed by atoms with Crippen LogP contribution in [0.2, 0.25) is 0 Å². The number of nitrogens with zero attached hydrogens (tertiary/aromatic N) is 1. The number of anilines is 1. The zero-order chi connectivity index (χ0) is 31.4. The largest absolute Gasteiger partial charge is 0.496 e. The van der Waals surface area contributed by atoms with Gasteiger partial charge in [0.1, 0.15) is 23.2 Å². The lowest BCUT2D eigenvalue weighted by molar-refractivity contribution is -0.135. The van der Waals surface area contributed by atoms with E-state index in [1.165, 1.54) is 12.0 Å². The van der Waals surface area contributed by atoms with Gasteiger partial charge in [-0.3, -0.25) is 23.9 Å². The molecule has 0 radical (unpaired) electrons. The molecule has 1 aliphatic carbocycles. The Hall–Kier alpha value is -4.65. The standard InChI is InChI=1S/C31H33N5O7S/c1-17(2)13-24(33-27(37)23-14-19-21(32-23)9-6-10-26(19)43-3)29(39)36-16-31(20-7-4-5-8-22(20)34-30(31)40)15-25(36)28(38)35-44(41,42)18-11-12-18/h4-10,13-14,17-18,25,32H,11-12,15-16H2,1-3H3,(H,33,37)(H,34,40)(H,35,38)/b24-13-/t25-,31-/m0/s1. The molecule has 2 aliphatic heterocycles. The molecular formula is C31H33N5O7S. The average Bonchev–Trinajstić information content (AvgIpc) is 3.55. The summed E-state index contributed by atoms with van der Waals surface area (Å²) in [5, 5.41) is 5.55. The highest BCUT2D eigenvalue weighted by atomic mass is 32.2. The Morgan fingerprint density at radius 2 is 1.86 bits per heavy atom. The van der Waals surface area contributed by atoms with Gasteiger partial charge in [-0.1, -0.05) is 44.2 Å². The van der Waals surface area contributed by atoms with Gasteiger partial charge in [-0.15, -0.1) is 0 Å². The normalized spacial score (nSPS) is 21.5. The number of aromatic nitrogens is 1. The van der Waals surface area contributed by atoms with Gasteiger partial charge in [0.25, 0.3) is 17.7 Å². The number of fused-ring (bicyclic) bond motifs is 3. The predicted molar refractivity (Wildman–Crippen MR) is 162 cm³/mol. The average molecular weight is 620 g/mol. The van der Waals surface area contributed by atoms with Crippen molar-refractivity contribution >= 4 is 50.2 Å². The molecule has 4 amide bonds. The van der Waals surface area contributed by atoms with Crippen LogP contribution in [0.5, 0.6) is 5.75 Å². The lowest BCUT2D eigenvalue weighted by Crippen LogP contribution is -2.50. The summed E-state index contributed by atoms with van der Waals surface area (Å²) in [4.78, 5) is 59.0. The Labute approximate surface area is 254 Å². The van der Waals surface area contributed by atoms with Crippen molar-refractivity contribution in [2.75, 3.05) is 19.0 Å². The van der Waals surface area contributed by atoms with Gasteiger partial charge < -0.3 is 25.3 Å². The molecule has 0 unspecified atom stereocenters. The Morgan fingerprint density at radius 1 is 1.11 bits per heavy atom. The van der Waals surface area contributed by atoms with Crippen LogP contribution in [0.25, 0.3) is 10.9 Å². The topological polar surface area (TPSA) is 167 Å². The Bertz CT molecular complexity index is 1840. The lowest BCUT2D eigenvalue weighted by Gasteiger charge is -2.26. The first kappa shape index (κ1) is 29.4. The molecule has 3 aromatic rings. The number of likely N-dealkylation sites (tertiary alicyclic amines) is 1. The van der Waals surface area contributed by atoms with E-state index in [4.69, 9.17) is 4.74 Å². The molecule has 2 atom stereocenters. The highest BCUT2D eigenvalue weighted by Gasteiger charge is 2.58. The molecule has 0 bridgehead atoms. The molecule has 3 heterocycles. The van der Waals surface area contributed by atoms with E-state index >= 15 is 0 Å². The van der Waals surface area contributed by atoms with Crippen molar-refractivity contribution in [2.24, 2.45) is 5.92 Å². The summed E-state index contributed by atoms with van der Waals surface area (Å²) in [6, 6.07) is 12.7. The molecule has 44 heavy (non-hydrogen) atoms. The fourth-order valence-corrected chi connectivity index (χ4v) is 7.37. The van der Waals surface area contributed by atoms with Gasteiger partial charge in [0.15, 0.2) is 0 Å². The van der Waals surface area contributed by atoms with Crippen molar-refractivity contribution in [2.45, 2.75) is 49.8 Å². The van der Waals surface area contributed by atoms with Crippen LogP contribution in [0.15, 0.2) is 60.3 Å². The molecule has 6 rings (SSSR count). The van der Waals surface area contributed by atoms with E-state index in [1.54, 1.807) is 54.6 Å². The summed E-state index contributed by atoms with van der Waals surface area (Å²) in [7, 11) is -2.41. The Morgan fingerprint density at radius 3 is 2.57 bits per heavy atom. The molecule has 13 heteroatoms. The third-order valence-electron chi connectivity index (χ3n) is 8.32. The van der Waals surface area contributed by atoms with Gasteiger partial charge in [0.2, 0.25) is 15.9 Å². The van der Waals surface area contributed by atoms with E-state index in [0.717, 1.165) is 0 Å². The van der Waals surface area contributed by atoms with Crippen molar-refractivity contribution in [1.82, 2.24) is 19.9 Å². The van der Waals surface area contributed by atoms with Crippen molar-refractivity contribution in [3.05, 3.63) is 71.6 Å². The number of rotatable bonds is 8. The van der Waals surface area contributed by atoms with Crippen LogP contribution in [0, 0.1) is 5.92 Å². The van der Waals surface area contributed by atoms with Crippen LogP contribution >= 0.6 is 0 Å². The summed E-state index contributed by atoms with van der Waals surface area (Å²) < 4.78 is 33.0. The van der Waals surface area contributed by atoms with Crippen LogP contribution in [0.3, 0.4) is 0 Å². The second-order valence-corrected chi connectivity index (χ2v) is 13.8. The van der Waals surface area contributed by atoms with Crippen molar-refractivity contribution in [1.29, 1.82) is 0 Å². The number of amides is 4. The number of ether oxygens (including phenoxy) is 1. The number of para-hydroxylation sites is 1. The number of aromatic amines is 1. The van der Waals surface area contributed by atoms with Crippen LogP contribution in [-0.2, 0) is 29.8 Å². The minimum Gasteiger partial charge on any atom is -0.496 e. The fourth-order valence-electron chi connectivity index (χ4n) is 6.03. The SMILES string of the molecule is COc1cccc2[nH]c(C(=O)N/C(=C\C(C)C)C(=O)N3C[C@]4(C[C@H]3C(=O)NS(=O)(=O)C3CC3)C(=O)Nc3ccccc34)cc12. The Kier molecular flexibility index (Phi) is 7.23. The highest BCUT2D eigenvalue weighted by Crippen LogP contribution is 2.47. The maximum atomic E-state index is 14.3. The third kappa shape index (κ3) is 5.10. The Balaban J connectivity index is 1.34. The number of hydrogen-bond acceptors (Lipinski definition) is 7. The number of methoxy groups -OCH3 is 1. The quantitative estimate of drug-likeness (QED) is 0.281. The summed E-state index contributed by atoms with van der Waals surface area (Å²) in [5.41, 5.74) is 0.654. The molecule has 1 saturated heterocycles. The van der Waals surface area contributed by atoms with Gasteiger partial charge in [-0.2, -0.15) is 0 Å². The number of benzene rings is 2. The number of H-pyrrole nitrogens is 1. The number of nitrogens with one attached hydrogen (secondary N) is 4. The number of sulfonamides is 1. The molecule has 12 nitrogen and oxygen atoms in total. The van der Waals surface area contributed by atoms with E-state index in [-0.39, 0.29) is 36.2 Å². The number of allylic oxidation sites excluding steroid dienone is 1. The first-order chi connectivity index (χ1) is 20.9. The lowest BCUT2D eigenvalue weighted by atomic mass is 9.79.